The second-order valence-corrected chi connectivity index (χ2v) is 7.42. The molecule has 2 N–H and O–H groups in total. The molecule has 0 atom stereocenters. The minimum atomic E-state index is -0.247. The summed E-state index contributed by atoms with van der Waals surface area (Å²) in [5, 5.41) is 10.5. The van der Waals surface area contributed by atoms with Crippen LogP contribution in [0.1, 0.15) is 34.5 Å². The highest BCUT2D eigenvalue weighted by Gasteiger charge is 2.21. The molecule has 1 aliphatic heterocycles. The summed E-state index contributed by atoms with van der Waals surface area (Å²) in [6.45, 7) is 1.74. The highest BCUT2D eigenvalue weighted by Crippen LogP contribution is 2.26. The third-order valence-corrected chi connectivity index (χ3v) is 5.39. The Labute approximate surface area is 173 Å². The van der Waals surface area contributed by atoms with Crippen LogP contribution in [0.25, 0.3) is 11.3 Å². The summed E-state index contributed by atoms with van der Waals surface area (Å²) >= 11 is 6.20. The second-order valence-electron chi connectivity index (χ2n) is 7.02. The lowest BCUT2D eigenvalue weighted by Crippen LogP contribution is -2.27. The molecule has 0 radical (unpaired) electrons. The number of H-pyrrole nitrogens is 1. The summed E-state index contributed by atoms with van der Waals surface area (Å²) < 4.78 is 0. The number of rotatable bonds is 6. The highest BCUT2D eigenvalue weighted by molar-refractivity contribution is 6.33. The molecule has 2 heterocycles. The van der Waals surface area contributed by atoms with Crippen molar-refractivity contribution in [3.8, 4) is 11.3 Å². The first kappa shape index (κ1) is 19.2. The van der Waals surface area contributed by atoms with Gasteiger partial charge in [0.1, 0.15) is 5.69 Å². The van der Waals surface area contributed by atoms with Crippen molar-refractivity contribution in [1.29, 1.82) is 0 Å². The van der Waals surface area contributed by atoms with Crippen molar-refractivity contribution in [2.24, 2.45) is 0 Å². The number of benzene rings is 2. The van der Waals surface area contributed by atoms with E-state index in [-0.39, 0.29) is 11.8 Å². The molecule has 148 valence electrons. The van der Waals surface area contributed by atoms with Gasteiger partial charge in [0.2, 0.25) is 5.91 Å². The van der Waals surface area contributed by atoms with Gasteiger partial charge >= 0.3 is 0 Å². The van der Waals surface area contributed by atoms with Crippen LogP contribution in [-0.4, -0.2) is 33.5 Å². The van der Waals surface area contributed by atoms with Crippen LogP contribution in [0.4, 0.5) is 0 Å². The van der Waals surface area contributed by atoms with Crippen molar-refractivity contribution >= 4 is 23.4 Å². The number of hydrogen-bond donors (Lipinski definition) is 2. The molecule has 4 rings (SSSR count). The maximum atomic E-state index is 12.6. The first-order chi connectivity index (χ1) is 14.1. The Morgan fingerprint density at radius 2 is 1.90 bits per heavy atom. The average molecular weight is 409 g/mol. The number of aromatic amines is 1. The summed E-state index contributed by atoms with van der Waals surface area (Å²) in [6.07, 6.45) is 1.53. The topological polar surface area (TPSA) is 78.1 Å². The molecule has 0 unspecified atom stereocenters. The molecule has 6 nitrogen and oxygen atoms in total. The van der Waals surface area contributed by atoms with Gasteiger partial charge in [-0.2, -0.15) is 5.10 Å². The van der Waals surface area contributed by atoms with Gasteiger partial charge in [-0.05, 0) is 29.7 Å². The molecule has 0 spiro atoms. The molecule has 0 bridgehead atoms. The third-order valence-electron chi connectivity index (χ3n) is 5.06. The van der Waals surface area contributed by atoms with Gasteiger partial charge in [0, 0.05) is 31.6 Å². The number of nitrogens with zero attached hydrogens (tertiary/aromatic N) is 2. The van der Waals surface area contributed by atoms with Crippen molar-refractivity contribution in [1.82, 2.24) is 20.4 Å². The highest BCUT2D eigenvalue weighted by atomic mass is 35.5. The normalized spacial score (nSPS) is 13.7. The zero-order valence-corrected chi connectivity index (χ0v) is 16.6. The summed E-state index contributed by atoms with van der Waals surface area (Å²) in [7, 11) is 0. The number of amides is 2. The van der Waals surface area contributed by atoms with Gasteiger partial charge in [-0.15, -0.1) is 0 Å². The van der Waals surface area contributed by atoms with Gasteiger partial charge in [0.25, 0.3) is 5.91 Å². The van der Waals surface area contributed by atoms with Gasteiger partial charge < -0.3 is 10.2 Å². The van der Waals surface area contributed by atoms with Crippen LogP contribution in [0.5, 0.6) is 0 Å². The van der Waals surface area contributed by atoms with Crippen LogP contribution in [-0.2, 0) is 17.9 Å². The monoisotopic (exact) mass is 408 g/mol. The number of carbonyl (C=O) groups is 2. The van der Waals surface area contributed by atoms with E-state index in [1.54, 1.807) is 12.1 Å². The van der Waals surface area contributed by atoms with Crippen molar-refractivity contribution in [2.45, 2.75) is 25.9 Å². The van der Waals surface area contributed by atoms with Crippen LogP contribution in [0.15, 0.2) is 54.6 Å². The van der Waals surface area contributed by atoms with Crippen molar-refractivity contribution in [3.05, 3.63) is 76.4 Å². The number of likely N-dealkylation sites (tertiary alicyclic amines) is 1. The lowest BCUT2D eigenvalue weighted by Gasteiger charge is -2.18. The van der Waals surface area contributed by atoms with E-state index in [0.717, 1.165) is 29.7 Å². The zero-order chi connectivity index (χ0) is 20.2. The predicted molar refractivity (Wildman–Crippen MR) is 111 cm³/mol. The molecular formula is C22H21ClN4O2. The van der Waals surface area contributed by atoms with Gasteiger partial charge in [0.15, 0.2) is 0 Å². The largest absolute Gasteiger partial charge is 0.347 e. The lowest BCUT2D eigenvalue weighted by atomic mass is 10.1. The van der Waals surface area contributed by atoms with E-state index < -0.39 is 0 Å². The fourth-order valence-electron chi connectivity index (χ4n) is 3.48. The first-order valence-corrected chi connectivity index (χ1v) is 9.92. The molecule has 29 heavy (non-hydrogen) atoms. The van der Waals surface area contributed by atoms with Gasteiger partial charge in [0.05, 0.1) is 10.7 Å². The Kier molecular flexibility index (Phi) is 5.62. The third kappa shape index (κ3) is 4.32. The van der Waals surface area contributed by atoms with Crippen LogP contribution in [0.2, 0.25) is 5.02 Å². The summed E-state index contributed by atoms with van der Waals surface area (Å²) in [5.41, 5.74) is 3.79. The maximum absolute atomic E-state index is 12.6. The molecule has 1 aliphatic rings. The minimum absolute atomic E-state index is 0.188. The van der Waals surface area contributed by atoms with Gasteiger partial charge in [-0.3, -0.25) is 14.7 Å². The average Bonchev–Trinajstić information content (AvgIpc) is 3.37. The molecule has 7 heteroatoms. The van der Waals surface area contributed by atoms with E-state index in [2.05, 4.69) is 15.5 Å². The Morgan fingerprint density at radius 1 is 1.14 bits per heavy atom. The minimum Gasteiger partial charge on any atom is -0.347 e. The first-order valence-electron chi connectivity index (χ1n) is 9.55. The predicted octanol–water partition coefficient (Wildman–Crippen LogP) is 3.78. The van der Waals surface area contributed by atoms with Crippen LogP contribution in [0, 0.1) is 0 Å². The van der Waals surface area contributed by atoms with Crippen LogP contribution < -0.4 is 5.32 Å². The fraction of sp³-hybridized carbons (Fsp3) is 0.227. The Bertz CT molecular complexity index is 1050. The smallest absolute Gasteiger partial charge is 0.269 e. The van der Waals surface area contributed by atoms with Crippen LogP contribution >= 0.6 is 11.6 Å². The second kappa shape index (κ2) is 8.49. The van der Waals surface area contributed by atoms with E-state index in [1.807, 2.05) is 47.4 Å². The Morgan fingerprint density at radius 3 is 2.66 bits per heavy atom. The maximum Gasteiger partial charge on any atom is 0.269 e. The van der Waals surface area contributed by atoms with E-state index >= 15 is 0 Å². The molecule has 0 saturated carbocycles. The van der Waals surface area contributed by atoms with Crippen LogP contribution in [0.3, 0.4) is 0 Å². The SMILES string of the molecule is O=C(NCc1ccccc1CN1CCCC1=O)c1cc(-c2ccccc2Cl)n[nH]1. The van der Waals surface area contributed by atoms with E-state index in [1.165, 1.54) is 0 Å². The molecule has 1 aromatic heterocycles. The van der Waals surface area contributed by atoms with Gasteiger partial charge in [-0.25, -0.2) is 0 Å². The Balaban J connectivity index is 1.43. The van der Waals surface area contributed by atoms with E-state index in [4.69, 9.17) is 11.6 Å². The summed E-state index contributed by atoms with van der Waals surface area (Å²) in [5.74, 6) is -0.0590. The number of halogens is 1. The molecule has 1 saturated heterocycles. The lowest BCUT2D eigenvalue weighted by molar-refractivity contribution is -0.128. The van der Waals surface area contributed by atoms with Gasteiger partial charge in [-0.1, -0.05) is 54.1 Å². The zero-order valence-electron chi connectivity index (χ0n) is 15.8. The summed E-state index contributed by atoms with van der Waals surface area (Å²) in [6, 6.07) is 16.9. The fourth-order valence-corrected chi connectivity index (χ4v) is 3.71. The standard InChI is InChI=1S/C22H21ClN4O2/c23-18-9-4-3-8-17(18)19-12-20(26-25-19)22(29)24-13-15-6-1-2-7-16(15)14-27-11-5-10-21(27)28/h1-4,6-9,12H,5,10-11,13-14H2,(H,24,29)(H,25,26). The molecule has 2 amide bonds. The number of hydrogen-bond acceptors (Lipinski definition) is 3. The quantitative estimate of drug-likeness (QED) is 0.651. The molecule has 3 aromatic rings. The Hall–Kier alpha value is -3.12. The van der Waals surface area contributed by atoms with Crippen molar-refractivity contribution in [2.75, 3.05) is 6.54 Å². The van der Waals surface area contributed by atoms with E-state index in [9.17, 15) is 9.59 Å². The van der Waals surface area contributed by atoms with Crippen molar-refractivity contribution < 1.29 is 9.59 Å². The van der Waals surface area contributed by atoms with E-state index in [0.29, 0.717) is 35.9 Å². The molecule has 2 aromatic carbocycles. The number of nitrogens with one attached hydrogen (secondary N) is 2. The molecule has 0 aliphatic carbocycles. The number of carbonyl (C=O) groups excluding carboxylic acids is 2. The molecular weight excluding hydrogens is 388 g/mol. The summed E-state index contributed by atoms with van der Waals surface area (Å²) in [4.78, 5) is 26.4. The molecule has 1 fully saturated rings. The van der Waals surface area contributed by atoms with Crippen molar-refractivity contribution in [3.63, 3.8) is 0 Å². The number of aromatic nitrogens is 2.